The highest BCUT2D eigenvalue weighted by molar-refractivity contribution is 5.92. The average molecular weight is 445 g/mol. The molecular formula is C21H40N4O6. The molecule has 0 heterocycles. The van der Waals surface area contributed by atoms with Gasteiger partial charge in [-0.25, -0.2) is 4.79 Å². The van der Waals surface area contributed by atoms with Gasteiger partial charge >= 0.3 is 12.1 Å². The van der Waals surface area contributed by atoms with E-state index in [2.05, 4.69) is 10.6 Å². The first-order valence-corrected chi connectivity index (χ1v) is 10.6. The van der Waals surface area contributed by atoms with Crippen LogP contribution in [0.1, 0.15) is 67.7 Å². The maximum atomic E-state index is 13.0. The fourth-order valence-corrected chi connectivity index (χ4v) is 2.65. The second-order valence-corrected chi connectivity index (χ2v) is 9.31. The molecule has 4 N–H and O–H groups in total. The number of nitrogens with zero attached hydrogens (tertiary/aromatic N) is 1. The largest absolute Gasteiger partial charge is 0.459 e. The summed E-state index contributed by atoms with van der Waals surface area (Å²) in [4.78, 5) is 50.9. The number of alkyl carbamates (subject to hydrolysis) is 1. The molecule has 0 rings (SSSR count). The maximum Gasteiger partial charge on any atom is 0.408 e. The van der Waals surface area contributed by atoms with Crippen LogP contribution in [0.4, 0.5) is 4.79 Å². The third kappa shape index (κ3) is 12.2. The van der Waals surface area contributed by atoms with E-state index in [0.717, 1.165) is 0 Å². The molecule has 0 spiro atoms. The zero-order valence-electron chi connectivity index (χ0n) is 20.2. The van der Waals surface area contributed by atoms with Crippen LogP contribution in [0.25, 0.3) is 0 Å². The SMILES string of the molecule is CC[C@@H](NC(=O)OC(C)(C)C)C(=O)N(C)[C@@H](CCCN)C(=O)NCC(=O)OC(C)(C)C. The molecule has 0 aromatic rings. The number of rotatable bonds is 10. The summed E-state index contributed by atoms with van der Waals surface area (Å²) < 4.78 is 10.4. The topological polar surface area (TPSA) is 140 Å². The van der Waals surface area contributed by atoms with Crippen LogP contribution < -0.4 is 16.4 Å². The van der Waals surface area contributed by atoms with Crippen molar-refractivity contribution in [2.45, 2.75) is 91.0 Å². The van der Waals surface area contributed by atoms with Crippen molar-refractivity contribution < 1.29 is 28.7 Å². The molecule has 0 fully saturated rings. The Morgan fingerprint density at radius 2 is 1.55 bits per heavy atom. The lowest BCUT2D eigenvalue weighted by molar-refractivity contribution is -0.154. The van der Waals surface area contributed by atoms with E-state index in [4.69, 9.17) is 15.2 Å². The number of hydrogen-bond acceptors (Lipinski definition) is 7. The third-order valence-electron chi connectivity index (χ3n) is 4.02. The molecule has 0 saturated carbocycles. The zero-order chi connectivity index (χ0) is 24.4. The van der Waals surface area contributed by atoms with Gasteiger partial charge in [0.15, 0.2) is 0 Å². The molecule has 0 aromatic heterocycles. The van der Waals surface area contributed by atoms with Crippen molar-refractivity contribution in [3.8, 4) is 0 Å². The van der Waals surface area contributed by atoms with Crippen LogP contribution in [0, 0.1) is 0 Å². The standard InChI is InChI=1S/C21H40N4O6/c1-9-14(24-19(29)31-21(5,6)7)18(28)25(8)15(11-10-12-22)17(27)23-13-16(26)30-20(2,3)4/h14-15H,9-13,22H2,1-8H3,(H,23,27)(H,24,29)/t14-,15+/m1/s1. The first-order valence-electron chi connectivity index (χ1n) is 10.6. The summed E-state index contributed by atoms with van der Waals surface area (Å²) in [5, 5.41) is 5.07. The fourth-order valence-electron chi connectivity index (χ4n) is 2.65. The van der Waals surface area contributed by atoms with E-state index in [1.165, 1.54) is 11.9 Å². The third-order valence-corrected chi connectivity index (χ3v) is 4.02. The quantitative estimate of drug-likeness (QED) is 0.432. The molecule has 2 atom stereocenters. The van der Waals surface area contributed by atoms with Crippen LogP contribution in [0.2, 0.25) is 0 Å². The van der Waals surface area contributed by atoms with Crippen molar-refractivity contribution in [2.75, 3.05) is 20.1 Å². The second-order valence-electron chi connectivity index (χ2n) is 9.31. The fraction of sp³-hybridized carbons (Fsp3) is 0.810. The smallest absolute Gasteiger partial charge is 0.408 e. The number of ether oxygens (including phenoxy) is 2. The summed E-state index contributed by atoms with van der Waals surface area (Å²) >= 11 is 0. The van der Waals surface area contributed by atoms with Crippen molar-refractivity contribution in [1.82, 2.24) is 15.5 Å². The van der Waals surface area contributed by atoms with Crippen LogP contribution in [0.15, 0.2) is 0 Å². The Balaban J connectivity index is 5.20. The highest BCUT2D eigenvalue weighted by Crippen LogP contribution is 2.12. The van der Waals surface area contributed by atoms with Gasteiger partial charge in [0.1, 0.15) is 29.8 Å². The predicted octanol–water partition coefficient (Wildman–Crippen LogP) is 1.31. The number of esters is 1. The van der Waals surface area contributed by atoms with Crippen LogP contribution in [0.5, 0.6) is 0 Å². The van der Waals surface area contributed by atoms with Gasteiger partial charge in [0.05, 0.1) is 0 Å². The van der Waals surface area contributed by atoms with Crippen LogP contribution >= 0.6 is 0 Å². The van der Waals surface area contributed by atoms with Gasteiger partial charge in [-0.3, -0.25) is 14.4 Å². The lowest BCUT2D eigenvalue weighted by atomic mass is 10.1. The number of carbonyl (C=O) groups excluding carboxylic acids is 4. The van der Waals surface area contributed by atoms with Crippen molar-refractivity contribution in [3.63, 3.8) is 0 Å². The van der Waals surface area contributed by atoms with E-state index in [9.17, 15) is 19.2 Å². The Bertz CT molecular complexity index is 624. The van der Waals surface area contributed by atoms with E-state index in [0.29, 0.717) is 25.8 Å². The Labute approximate surface area is 185 Å². The predicted molar refractivity (Wildman–Crippen MR) is 117 cm³/mol. The monoisotopic (exact) mass is 444 g/mol. The zero-order valence-corrected chi connectivity index (χ0v) is 20.2. The van der Waals surface area contributed by atoms with E-state index < -0.39 is 47.2 Å². The summed E-state index contributed by atoms with van der Waals surface area (Å²) in [5.74, 6) is -1.52. The van der Waals surface area contributed by atoms with Gasteiger partial charge in [0, 0.05) is 7.05 Å². The molecule has 0 bridgehead atoms. The Hall–Kier alpha value is -2.36. The lowest BCUT2D eigenvalue weighted by Gasteiger charge is -2.31. The molecule has 10 heteroatoms. The highest BCUT2D eigenvalue weighted by Gasteiger charge is 2.32. The Kier molecular flexibility index (Phi) is 11.5. The summed E-state index contributed by atoms with van der Waals surface area (Å²) in [6.07, 6.45) is 0.403. The number of nitrogens with two attached hydrogens (primary N) is 1. The molecule has 0 aliphatic carbocycles. The molecule has 0 radical (unpaired) electrons. The molecule has 0 aliphatic heterocycles. The summed E-state index contributed by atoms with van der Waals surface area (Å²) in [6, 6.07) is -1.72. The summed E-state index contributed by atoms with van der Waals surface area (Å²) in [6.45, 7) is 12.1. The minimum Gasteiger partial charge on any atom is -0.459 e. The van der Waals surface area contributed by atoms with Crippen LogP contribution in [-0.4, -0.2) is 72.2 Å². The van der Waals surface area contributed by atoms with Gasteiger partial charge in [-0.15, -0.1) is 0 Å². The number of nitrogens with one attached hydrogen (secondary N) is 2. The summed E-state index contributed by atoms with van der Waals surface area (Å²) in [5.41, 5.74) is 4.20. The van der Waals surface area contributed by atoms with E-state index in [1.807, 2.05) is 0 Å². The van der Waals surface area contributed by atoms with Crippen LogP contribution in [0.3, 0.4) is 0 Å². The molecule has 0 unspecified atom stereocenters. The van der Waals surface area contributed by atoms with E-state index in [-0.39, 0.29) is 6.54 Å². The van der Waals surface area contributed by atoms with Gasteiger partial charge in [0.2, 0.25) is 11.8 Å². The van der Waals surface area contributed by atoms with Gasteiger partial charge in [-0.2, -0.15) is 0 Å². The minimum atomic E-state index is -0.862. The van der Waals surface area contributed by atoms with Gasteiger partial charge < -0.3 is 30.7 Å². The van der Waals surface area contributed by atoms with Crippen molar-refractivity contribution in [2.24, 2.45) is 5.73 Å². The average Bonchev–Trinajstić information content (AvgIpc) is 2.61. The van der Waals surface area contributed by atoms with Crippen molar-refractivity contribution in [3.05, 3.63) is 0 Å². The van der Waals surface area contributed by atoms with Gasteiger partial charge in [0.25, 0.3) is 0 Å². The minimum absolute atomic E-state index is 0.307. The van der Waals surface area contributed by atoms with E-state index >= 15 is 0 Å². The molecular weight excluding hydrogens is 404 g/mol. The second kappa shape index (κ2) is 12.5. The number of carbonyl (C=O) groups is 4. The molecule has 0 aromatic carbocycles. The molecule has 3 amide bonds. The molecule has 0 aliphatic rings. The van der Waals surface area contributed by atoms with Gasteiger partial charge in [-0.05, 0) is 67.3 Å². The molecule has 10 nitrogen and oxygen atoms in total. The number of hydrogen-bond donors (Lipinski definition) is 3. The normalized spacial score (nSPS) is 13.6. The first-order chi connectivity index (χ1) is 14.1. The van der Waals surface area contributed by atoms with Crippen molar-refractivity contribution in [1.29, 1.82) is 0 Å². The Morgan fingerprint density at radius 3 is 2.00 bits per heavy atom. The molecule has 180 valence electrons. The van der Waals surface area contributed by atoms with Crippen LogP contribution in [-0.2, 0) is 23.9 Å². The number of likely N-dealkylation sites (N-methyl/N-ethyl adjacent to an activating group) is 1. The first kappa shape index (κ1) is 28.6. The number of amides is 3. The Morgan fingerprint density at radius 1 is 1.00 bits per heavy atom. The van der Waals surface area contributed by atoms with Gasteiger partial charge in [-0.1, -0.05) is 6.92 Å². The molecule has 31 heavy (non-hydrogen) atoms. The summed E-state index contributed by atoms with van der Waals surface area (Å²) in [7, 11) is 1.48. The highest BCUT2D eigenvalue weighted by atomic mass is 16.6. The van der Waals surface area contributed by atoms with Crippen molar-refractivity contribution >= 4 is 23.9 Å². The maximum absolute atomic E-state index is 13.0. The van der Waals surface area contributed by atoms with E-state index in [1.54, 1.807) is 48.5 Å². The molecule has 0 saturated heterocycles. The lowest BCUT2D eigenvalue weighted by Crippen LogP contribution is -2.55.